The van der Waals surface area contributed by atoms with Crippen LogP contribution >= 0.6 is 0 Å². The topological polar surface area (TPSA) is 18.5 Å². The van der Waals surface area contributed by atoms with Crippen molar-refractivity contribution in [2.24, 2.45) is 0 Å². The largest absolute Gasteiger partial charge is 0.497 e. The minimum Gasteiger partial charge on any atom is -0.497 e. The molecule has 2 heteroatoms. The fourth-order valence-corrected chi connectivity index (χ4v) is 1.97. The third-order valence-corrected chi connectivity index (χ3v) is 3.11. The maximum Gasteiger partial charge on any atom is 0.126 e. The summed E-state index contributed by atoms with van der Waals surface area (Å²) in [7, 11) is 3.31. The Morgan fingerprint density at radius 3 is 2.35 bits per heavy atom. The molecule has 0 saturated heterocycles. The lowest BCUT2D eigenvalue weighted by Crippen LogP contribution is -1.96. The van der Waals surface area contributed by atoms with E-state index in [9.17, 15) is 0 Å². The molecule has 0 N–H and O–H groups in total. The first-order valence-electron chi connectivity index (χ1n) is 6.53. The van der Waals surface area contributed by atoms with Crippen molar-refractivity contribution in [3.05, 3.63) is 59.7 Å². The molecule has 0 bridgehead atoms. The van der Waals surface area contributed by atoms with Crippen molar-refractivity contribution in [2.45, 2.75) is 12.8 Å². The molecular weight excluding hydrogens is 248 g/mol. The van der Waals surface area contributed by atoms with Gasteiger partial charge in [-0.05, 0) is 25.1 Å². The first kappa shape index (κ1) is 14.0. The molecule has 0 aliphatic carbocycles. The van der Waals surface area contributed by atoms with Gasteiger partial charge in [-0.2, -0.15) is 0 Å². The minimum absolute atomic E-state index is 0.0936. The molecule has 2 nitrogen and oxygen atoms in total. The predicted octanol–water partition coefficient (Wildman–Crippen LogP) is 3.86. The van der Waals surface area contributed by atoms with E-state index in [2.05, 4.69) is 18.8 Å². The molecule has 0 fully saturated rings. The second-order valence-corrected chi connectivity index (χ2v) is 4.46. The highest BCUT2D eigenvalue weighted by molar-refractivity contribution is 5.46. The third kappa shape index (κ3) is 3.33. The minimum atomic E-state index is 0.0936. The van der Waals surface area contributed by atoms with Gasteiger partial charge in [0.25, 0.3) is 0 Å². The van der Waals surface area contributed by atoms with Crippen LogP contribution in [-0.2, 0) is 0 Å². The van der Waals surface area contributed by atoms with Crippen LogP contribution in [0.2, 0.25) is 0 Å². The highest BCUT2D eigenvalue weighted by Crippen LogP contribution is 2.30. The zero-order valence-corrected chi connectivity index (χ0v) is 12.0. The van der Waals surface area contributed by atoms with E-state index < -0.39 is 0 Å². The zero-order valence-electron chi connectivity index (χ0n) is 12.0. The van der Waals surface area contributed by atoms with Crippen LogP contribution in [0, 0.1) is 11.8 Å². The SMILES string of the molecule is COc1ccc(C(C)C#Cc2ccccc2)c(OC)c1. The highest BCUT2D eigenvalue weighted by atomic mass is 16.5. The summed E-state index contributed by atoms with van der Waals surface area (Å²) in [6, 6.07) is 15.8. The number of rotatable bonds is 3. The Bertz CT molecular complexity index is 621. The van der Waals surface area contributed by atoms with Gasteiger partial charge in [0, 0.05) is 23.1 Å². The summed E-state index contributed by atoms with van der Waals surface area (Å²) in [6.07, 6.45) is 0. The summed E-state index contributed by atoms with van der Waals surface area (Å²) >= 11 is 0. The van der Waals surface area contributed by atoms with Crippen molar-refractivity contribution < 1.29 is 9.47 Å². The Hall–Kier alpha value is -2.40. The summed E-state index contributed by atoms with van der Waals surface area (Å²) in [4.78, 5) is 0. The Labute approximate surface area is 120 Å². The van der Waals surface area contributed by atoms with E-state index in [1.807, 2.05) is 48.5 Å². The van der Waals surface area contributed by atoms with Crippen LogP contribution in [0.1, 0.15) is 24.0 Å². The van der Waals surface area contributed by atoms with Crippen molar-refractivity contribution in [2.75, 3.05) is 14.2 Å². The highest BCUT2D eigenvalue weighted by Gasteiger charge is 2.10. The van der Waals surface area contributed by atoms with E-state index in [4.69, 9.17) is 9.47 Å². The molecule has 2 rings (SSSR count). The number of hydrogen-bond acceptors (Lipinski definition) is 2. The molecule has 0 radical (unpaired) electrons. The van der Waals surface area contributed by atoms with Gasteiger partial charge in [-0.25, -0.2) is 0 Å². The molecule has 0 aliphatic rings. The smallest absolute Gasteiger partial charge is 0.126 e. The Morgan fingerprint density at radius 1 is 0.950 bits per heavy atom. The maximum absolute atomic E-state index is 5.41. The fourth-order valence-electron chi connectivity index (χ4n) is 1.97. The summed E-state index contributed by atoms with van der Waals surface area (Å²) in [5.41, 5.74) is 2.09. The Kier molecular flexibility index (Phi) is 4.68. The summed E-state index contributed by atoms with van der Waals surface area (Å²) < 4.78 is 10.6. The molecule has 0 aliphatic heterocycles. The molecule has 20 heavy (non-hydrogen) atoms. The van der Waals surface area contributed by atoms with Crippen molar-refractivity contribution in [3.63, 3.8) is 0 Å². The van der Waals surface area contributed by atoms with Gasteiger partial charge in [-0.3, -0.25) is 0 Å². The van der Waals surface area contributed by atoms with E-state index in [1.165, 1.54) is 0 Å². The summed E-state index contributed by atoms with van der Waals surface area (Å²) in [5, 5.41) is 0. The van der Waals surface area contributed by atoms with Crippen molar-refractivity contribution >= 4 is 0 Å². The van der Waals surface area contributed by atoms with Crippen LogP contribution in [-0.4, -0.2) is 14.2 Å². The summed E-state index contributed by atoms with van der Waals surface area (Å²) in [6.45, 7) is 2.07. The molecular formula is C18H18O2. The van der Waals surface area contributed by atoms with Crippen LogP contribution in [0.15, 0.2) is 48.5 Å². The third-order valence-electron chi connectivity index (χ3n) is 3.11. The predicted molar refractivity (Wildman–Crippen MR) is 81.3 cm³/mol. The van der Waals surface area contributed by atoms with E-state index in [0.29, 0.717) is 0 Å². The van der Waals surface area contributed by atoms with Gasteiger partial charge in [0.1, 0.15) is 11.5 Å². The zero-order chi connectivity index (χ0) is 14.4. The van der Waals surface area contributed by atoms with Crippen molar-refractivity contribution in [1.29, 1.82) is 0 Å². The Balaban J connectivity index is 2.25. The quantitative estimate of drug-likeness (QED) is 0.785. The lowest BCUT2D eigenvalue weighted by atomic mass is 10.00. The molecule has 0 amide bonds. The van der Waals surface area contributed by atoms with Gasteiger partial charge in [-0.15, -0.1) is 0 Å². The molecule has 1 atom stereocenters. The maximum atomic E-state index is 5.41. The molecule has 2 aromatic rings. The lowest BCUT2D eigenvalue weighted by molar-refractivity contribution is 0.390. The molecule has 0 aromatic heterocycles. The van der Waals surface area contributed by atoms with Gasteiger partial charge in [-0.1, -0.05) is 36.1 Å². The van der Waals surface area contributed by atoms with E-state index in [0.717, 1.165) is 22.6 Å². The van der Waals surface area contributed by atoms with E-state index >= 15 is 0 Å². The van der Waals surface area contributed by atoms with Gasteiger partial charge >= 0.3 is 0 Å². The van der Waals surface area contributed by atoms with Crippen LogP contribution in [0.5, 0.6) is 11.5 Å². The standard InChI is InChI=1S/C18H18O2/c1-14(9-10-15-7-5-4-6-8-15)17-12-11-16(19-2)13-18(17)20-3/h4-8,11-14H,1-3H3. The monoisotopic (exact) mass is 266 g/mol. The van der Waals surface area contributed by atoms with Crippen molar-refractivity contribution in [3.8, 4) is 23.3 Å². The Morgan fingerprint density at radius 2 is 1.70 bits per heavy atom. The van der Waals surface area contributed by atoms with Crippen LogP contribution in [0.25, 0.3) is 0 Å². The van der Waals surface area contributed by atoms with Crippen LogP contribution in [0.4, 0.5) is 0 Å². The van der Waals surface area contributed by atoms with Crippen LogP contribution in [0.3, 0.4) is 0 Å². The molecule has 0 heterocycles. The normalized spacial score (nSPS) is 11.2. The number of methoxy groups -OCH3 is 2. The number of benzene rings is 2. The molecule has 102 valence electrons. The van der Waals surface area contributed by atoms with E-state index in [-0.39, 0.29) is 5.92 Å². The van der Waals surface area contributed by atoms with Crippen molar-refractivity contribution in [1.82, 2.24) is 0 Å². The summed E-state index contributed by atoms with van der Waals surface area (Å²) in [5.74, 6) is 8.13. The molecule has 2 aromatic carbocycles. The average molecular weight is 266 g/mol. The average Bonchev–Trinajstić information content (AvgIpc) is 2.52. The molecule has 1 unspecified atom stereocenters. The first-order valence-corrected chi connectivity index (χ1v) is 6.53. The van der Waals surface area contributed by atoms with Gasteiger partial charge in [0.05, 0.1) is 14.2 Å². The second-order valence-electron chi connectivity index (χ2n) is 4.46. The van der Waals surface area contributed by atoms with Crippen LogP contribution < -0.4 is 9.47 Å². The second kappa shape index (κ2) is 6.68. The van der Waals surface area contributed by atoms with Gasteiger partial charge in [0.2, 0.25) is 0 Å². The first-order chi connectivity index (χ1) is 9.74. The van der Waals surface area contributed by atoms with Gasteiger partial charge in [0.15, 0.2) is 0 Å². The molecule has 0 spiro atoms. The number of hydrogen-bond donors (Lipinski definition) is 0. The fraction of sp³-hybridized carbons (Fsp3) is 0.222. The van der Waals surface area contributed by atoms with Gasteiger partial charge < -0.3 is 9.47 Å². The van der Waals surface area contributed by atoms with E-state index in [1.54, 1.807) is 14.2 Å². The molecule has 0 saturated carbocycles. The number of ether oxygens (including phenoxy) is 2. The lowest BCUT2D eigenvalue weighted by Gasteiger charge is -2.12.